The summed E-state index contributed by atoms with van der Waals surface area (Å²) in [7, 11) is 0. The van der Waals surface area contributed by atoms with E-state index < -0.39 is 0 Å². The van der Waals surface area contributed by atoms with Crippen LogP contribution in [0.4, 0.5) is 0 Å². The van der Waals surface area contributed by atoms with Crippen LogP contribution in [0, 0.1) is 17.8 Å². The maximum Gasteiger partial charge on any atom is 0.222 e. The van der Waals surface area contributed by atoms with Gasteiger partial charge in [0.05, 0.1) is 30.9 Å². The van der Waals surface area contributed by atoms with E-state index in [4.69, 9.17) is 21.3 Å². The Balaban J connectivity index is 1.39. The number of hydrogen-bond donors (Lipinski definition) is 3. The van der Waals surface area contributed by atoms with Gasteiger partial charge in [0.25, 0.3) is 0 Å². The van der Waals surface area contributed by atoms with E-state index in [0.717, 1.165) is 57.5 Å². The van der Waals surface area contributed by atoms with E-state index in [9.17, 15) is 4.79 Å². The zero-order valence-corrected chi connectivity index (χ0v) is 23.1. The summed E-state index contributed by atoms with van der Waals surface area (Å²) in [6.07, 6.45) is 15.4. The highest BCUT2D eigenvalue weighted by Crippen LogP contribution is 2.42. The Bertz CT molecular complexity index is 767. The number of rotatable bonds is 7. The van der Waals surface area contributed by atoms with Gasteiger partial charge < -0.3 is 10.1 Å². The Kier molecular flexibility index (Phi) is 9.27. The van der Waals surface area contributed by atoms with E-state index in [1.54, 1.807) is 0 Å². The van der Waals surface area contributed by atoms with E-state index in [2.05, 4.69) is 28.0 Å². The second-order valence-electron chi connectivity index (χ2n) is 12.0. The molecule has 1 saturated heterocycles. The molecule has 3 saturated carbocycles. The zero-order valence-electron chi connectivity index (χ0n) is 22.4. The third-order valence-electron chi connectivity index (χ3n) is 9.55. The van der Waals surface area contributed by atoms with Crippen molar-refractivity contribution in [3.8, 4) is 0 Å². The second-order valence-corrected chi connectivity index (χ2v) is 12.6. The standard InChI is InChI=1S/C28H48ClN5O2/c1-3-30-26(35)16-24-28-33-32-18(2)34(28)25-14-13-22(36-17-19-7-5-4-6-8-19)15-23(25)27(31-24)20-9-11-21(29)12-10-20/h18-25,28,32-33H,3-17H2,1-2H3,(H,30,35)/t18?,20?,21?,22?,23?,24-,25?,28?/m0/s1. The Labute approximate surface area is 222 Å². The molecule has 1 amide bonds. The van der Waals surface area contributed by atoms with Gasteiger partial charge >= 0.3 is 0 Å². The van der Waals surface area contributed by atoms with Crippen molar-refractivity contribution in [1.82, 2.24) is 21.1 Å². The number of halogens is 1. The molecule has 0 radical (unpaired) electrons. The number of nitrogens with zero attached hydrogens (tertiary/aromatic N) is 2. The number of nitrogens with one attached hydrogen (secondary N) is 3. The van der Waals surface area contributed by atoms with Crippen LogP contribution in [-0.4, -0.2) is 65.6 Å². The van der Waals surface area contributed by atoms with Crippen LogP contribution in [0.2, 0.25) is 0 Å². The number of carbonyl (C=O) groups excluding carboxylic acids is 1. The first-order valence-corrected chi connectivity index (χ1v) is 15.4. The van der Waals surface area contributed by atoms with Crippen molar-refractivity contribution in [2.45, 2.75) is 133 Å². The third kappa shape index (κ3) is 6.12. The molecule has 3 aliphatic carbocycles. The fourth-order valence-corrected chi connectivity index (χ4v) is 7.94. The molecule has 4 fully saturated rings. The summed E-state index contributed by atoms with van der Waals surface area (Å²) < 4.78 is 6.64. The SMILES string of the molecule is CCNC(=O)C[C@@H]1N=C(C2CCC(Cl)CC2)C2CC(OCC3CCCCC3)CCC2N2C(C)NNC12. The topological polar surface area (TPSA) is 78.0 Å². The quantitative estimate of drug-likeness (QED) is 0.434. The van der Waals surface area contributed by atoms with Crippen LogP contribution >= 0.6 is 11.6 Å². The normalized spacial score (nSPS) is 40.1. The third-order valence-corrected chi connectivity index (χ3v) is 9.99. The number of hydrazine groups is 1. The molecule has 6 atom stereocenters. The molecule has 7 nitrogen and oxygen atoms in total. The Morgan fingerprint density at radius 3 is 2.61 bits per heavy atom. The highest BCUT2D eigenvalue weighted by molar-refractivity contribution is 6.20. The molecule has 2 heterocycles. The largest absolute Gasteiger partial charge is 0.378 e. The molecule has 2 aliphatic heterocycles. The average molecular weight is 522 g/mol. The van der Waals surface area contributed by atoms with E-state index in [-0.39, 0.29) is 24.3 Å². The summed E-state index contributed by atoms with van der Waals surface area (Å²) in [6.45, 7) is 5.81. The van der Waals surface area contributed by atoms with Crippen molar-refractivity contribution < 1.29 is 9.53 Å². The van der Waals surface area contributed by atoms with Gasteiger partial charge in [0, 0.05) is 36.2 Å². The molecule has 5 aliphatic rings. The van der Waals surface area contributed by atoms with Crippen LogP contribution in [0.25, 0.3) is 0 Å². The summed E-state index contributed by atoms with van der Waals surface area (Å²) in [5.74, 6) is 1.70. The van der Waals surface area contributed by atoms with Crippen LogP contribution in [0.5, 0.6) is 0 Å². The molecule has 8 heteroatoms. The van der Waals surface area contributed by atoms with Gasteiger partial charge in [-0.25, -0.2) is 10.9 Å². The fraction of sp³-hybridized carbons (Fsp3) is 0.929. The fourth-order valence-electron chi connectivity index (χ4n) is 7.68. The Morgan fingerprint density at radius 2 is 1.86 bits per heavy atom. The van der Waals surface area contributed by atoms with Crippen LogP contribution in [0.15, 0.2) is 4.99 Å². The monoisotopic (exact) mass is 521 g/mol. The van der Waals surface area contributed by atoms with Crippen molar-refractivity contribution in [2.75, 3.05) is 13.2 Å². The van der Waals surface area contributed by atoms with Gasteiger partial charge in [-0.05, 0) is 83.5 Å². The highest BCUT2D eigenvalue weighted by Gasteiger charge is 2.50. The molecule has 0 aromatic carbocycles. The molecule has 36 heavy (non-hydrogen) atoms. The van der Waals surface area contributed by atoms with Crippen molar-refractivity contribution in [2.24, 2.45) is 22.7 Å². The first kappa shape index (κ1) is 26.9. The first-order valence-electron chi connectivity index (χ1n) is 14.9. The van der Waals surface area contributed by atoms with E-state index in [0.29, 0.717) is 42.3 Å². The summed E-state index contributed by atoms with van der Waals surface area (Å²) in [6, 6.07) is 0.332. The van der Waals surface area contributed by atoms with Gasteiger partial charge in [-0.1, -0.05) is 19.3 Å². The Hall–Kier alpha value is -0.730. The summed E-state index contributed by atoms with van der Waals surface area (Å²) in [4.78, 5) is 20.8. The van der Waals surface area contributed by atoms with Gasteiger partial charge in [-0.15, -0.1) is 11.6 Å². The number of amides is 1. The molecule has 0 spiro atoms. The van der Waals surface area contributed by atoms with Crippen molar-refractivity contribution in [1.29, 1.82) is 0 Å². The molecule has 0 bridgehead atoms. The van der Waals surface area contributed by atoms with Gasteiger partial charge in [0.2, 0.25) is 5.91 Å². The van der Waals surface area contributed by atoms with E-state index in [1.165, 1.54) is 37.8 Å². The number of alkyl halides is 1. The molecular formula is C28H48ClN5O2. The molecule has 204 valence electrons. The lowest BCUT2D eigenvalue weighted by Gasteiger charge is -2.44. The summed E-state index contributed by atoms with van der Waals surface area (Å²) in [5.41, 5.74) is 8.36. The Morgan fingerprint density at radius 1 is 1.08 bits per heavy atom. The number of ether oxygens (including phenoxy) is 1. The van der Waals surface area contributed by atoms with E-state index >= 15 is 0 Å². The van der Waals surface area contributed by atoms with Crippen LogP contribution in [0.3, 0.4) is 0 Å². The van der Waals surface area contributed by atoms with Crippen LogP contribution in [0.1, 0.15) is 97.3 Å². The number of fused-ring (bicyclic) bond motifs is 3. The molecule has 0 aromatic heterocycles. The average Bonchev–Trinajstić information content (AvgIpc) is 3.21. The molecule has 5 rings (SSSR count). The van der Waals surface area contributed by atoms with Crippen molar-refractivity contribution in [3.05, 3.63) is 0 Å². The predicted octanol–water partition coefficient (Wildman–Crippen LogP) is 4.35. The lowest BCUT2D eigenvalue weighted by Crippen LogP contribution is -2.55. The maximum atomic E-state index is 12.7. The van der Waals surface area contributed by atoms with Crippen LogP contribution < -0.4 is 16.2 Å². The summed E-state index contributed by atoms with van der Waals surface area (Å²) in [5, 5.41) is 3.30. The minimum absolute atomic E-state index is 0.0386. The number of carbonyl (C=O) groups is 1. The van der Waals surface area contributed by atoms with E-state index in [1.807, 2.05) is 6.92 Å². The molecule has 0 aromatic rings. The number of hydrogen-bond acceptors (Lipinski definition) is 6. The summed E-state index contributed by atoms with van der Waals surface area (Å²) >= 11 is 6.52. The smallest absolute Gasteiger partial charge is 0.222 e. The van der Waals surface area contributed by atoms with Gasteiger partial charge in [-0.3, -0.25) is 14.7 Å². The number of aliphatic imine (C=N–C) groups is 1. The lowest BCUT2D eigenvalue weighted by atomic mass is 9.72. The molecule has 3 N–H and O–H groups in total. The van der Waals surface area contributed by atoms with Gasteiger partial charge in [0.1, 0.15) is 0 Å². The van der Waals surface area contributed by atoms with Crippen molar-refractivity contribution >= 4 is 23.2 Å². The second kappa shape index (κ2) is 12.4. The molecular weight excluding hydrogens is 474 g/mol. The lowest BCUT2D eigenvalue weighted by molar-refractivity contribution is -0.121. The first-order chi connectivity index (χ1) is 17.5. The van der Waals surface area contributed by atoms with Gasteiger partial charge in [0.15, 0.2) is 0 Å². The minimum Gasteiger partial charge on any atom is -0.378 e. The predicted molar refractivity (Wildman–Crippen MR) is 145 cm³/mol. The van der Waals surface area contributed by atoms with Crippen LogP contribution in [-0.2, 0) is 9.53 Å². The minimum atomic E-state index is -0.0927. The molecule has 5 unspecified atom stereocenters. The maximum absolute atomic E-state index is 12.7. The van der Waals surface area contributed by atoms with Crippen molar-refractivity contribution in [3.63, 3.8) is 0 Å². The van der Waals surface area contributed by atoms with Gasteiger partial charge in [-0.2, -0.15) is 0 Å². The zero-order chi connectivity index (χ0) is 25.1. The highest BCUT2D eigenvalue weighted by atomic mass is 35.5.